The standard InChI is InChI=1S/C10H18O4/c1-4-9(2)7-10(13-3,8(11)12)5-6-14-9/h4-7H2,1-3H3,(H,11,12). The van der Waals surface area contributed by atoms with E-state index < -0.39 is 11.6 Å². The van der Waals surface area contributed by atoms with E-state index in [1.54, 1.807) is 0 Å². The molecule has 4 heteroatoms. The quantitative estimate of drug-likeness (QED) is 0.752. The van der Waals surface area contributed by atoms with Gasteiger partial charge in [-0.25, -0.2) is 4.79 Å². The molecule has 1 rings (SSSR count). The molecule has 0 amide bonds. The summed E-state index contributed by atoms with van der Waals surface area (Å²) in [6, 6.07) is 0. The van der Waals surface area contributed by atoms with Gasteiger partial charge in [0.15, 0.2) is 5.60 Å². The van der Waals surface area contributed by atoms with Gasteiger partial charge in [-0.3, -0.25) is 0 Å². The molecule has 0 aliphatic carbocycles. The van der Waals surface area contributed by atoms with E-state index in [2.05, 4.69) is 0 Å². The van der Waals surface area contributed by atoms with E-state index in [4.69, 9.17) is 14.6 Å². The normalized spacial score (nSPS) is 38.2. The van der Waals surface area contributed by atoms with E-state index in [1.807, 2.05) is 13.8 Å². The minimum Gasteiger partial charge on any atom is -0.479 e. The van der Waals surface area contributed by atoms with Crippen LogP contribution < -0.4 is 0 Å². The van der Waals surface area contributed by atoms with E-state index in [9.17, 15) is 4.79 Å². The van der Waals surface area contributed by atoms with Crippen LogP contribution in [0.25, 0.3) is 0 Å². The van der Waals surface area contributed by atoms with Gasteiger partial charge in [-0.05, 0) is 13.3 Å². The average Bonchev–Trinajstić information content (AvgIpc) is 2.17. The number of ether oxygens (including phenoxy) is 2. The predicted octanol–water partition coefficient (Wildman–Crippen LogP) is 1.44. The number of methoxy groups -OCH3 is 1. The zero-order chi connectivity index (χ0) is 10.8. The Balaban J connectivity index is 2.84. The fraction of sp³-hybridized carbons (Fsp3) is 0.900. The molecule has 1 aliphatic heterocycles. The molecule has 0 radical (unpaired) electrons. The Hall–Kier alpha value is -0.610. The van der Waals surface area contributed by atoms with Crippen molar-refractivity contribution in [1.29, 1.82) is 0 Å². The van der Waals surface area contributed by atoms with E-state index in [-0.39, 0.29) is 5.60 Å². The van der Waals surface area contributed by atoms with Crippen LogP contribution in [-0.4, -0.2) is 36.0 Å². The maximum absolute atomic E-state index is 11.1. The first-order chi connectivity index (χ1) is 6.48. The van der Waals surface area contributed by atoms with Gasteiger partial charge in [0.2, 0.25) is 0 Å². The first kappa shape index (κ1) is 11.5. The monoisotopic (exact) mass is 202 g/mol. The van der Waals surface area contributed by atoms with Crippen LogP contribution in [0, 0.1) is 0 Å². The van der Waals surface area contributed by atoms with Crippen molar-refractivity contribution >= 4 is 5.97 Å². The van der Waals surface area contributed by atoms with Gasteiger partial charge in [0.25, 0.3) is 0 Å². The van der Waals surface area contributed by atoms with Crippen molar-refractivity contribution < 1.29 is 19.4 Å². The van der Waals surface area contributed by atoms with Crippen molar-refractivity contribution in [2.45, 2.75) is 44.3 Å². The van der Waals surface area contributed by atoms with Crippen LogP contribution in [0.15, 0.2) is 0 Å². The highest BCUT2D eigenvalue weighted by molar-refractivity contribution is 5.77. The number of carbonyl (C=O) groups is 1. The lowest BCUT2D eigenvalue weighted by Gasteiger charge is -2.42. The molecule has 14 heavy (non-hydrogen) atoms. The second-order valence-corrected chi connectivity index (χ2v) is 4.08. The number of rotatable bonds is 3. The zero-order valence-corrected chi connectivity index (χ0v) is 9.00. The summed E-state index contributed by atoms with van der Waals surface area (Å²) in [5, 5.41) is 9.14. The van der Waals surface area contributed by atoms with Crippen molar-refractivity contribution in [3.63, 3.8) is 0 Å². The summed E-state index contributed by atoms with van der Waals surface area (Å²) in [4.78, 5) is 11.1. The summed E-state index contributed by atoms with van der Waals surface area (Å²) in [7, 11) is 1.45. The lowest BCUT2D eigenvalue weighted by molar-refractivity contribution is -0.195. The van der Waals surface area contributed by atoms with E-state index in [0.717, 1.165) is 6.42 Å². The summed E-state index contributed by atoms with van der Waals surface area (Å²) < 4.78 is 10.7. The van der Waals surface area contributed by atoms with Gasteiger partial charge in [0, 0.05) is 20.0 Å². The Labute approximate surface area is 84.2 Å². The lowest BCUT2D eigenvalue weighted by atomic mass is 9.81. The van der Waals surface area contributed by atoms with E-state index in [1.165, 1.54) is 7.11 Å². The van der Waals surface area contributed by atoms with Gasteiger partial charge in [0.05, 0.1) is 12.2 Å². The summed E-state index contributed by atoms with van der Waals surface area (Å²) in [5.41, 5.74) is -1.42. The van der Waals surface area contributed by atoms with Crippen LogP contribution in [0.2, 0.25) is 0 Å². The van der Waals surface area contributed by atoms with Gasteiger partial charge in [-0.15, -0.1) is 0 Å². The number of hydrogen-bond donors (Lipinski definition) is 1. The van der Waals surface area contributed by atoms with Crippen molar-refractivity contribution in [2.75, 3.05) is 13.7 Å². The highest BCUT2D eigenvalue weighted by Gasteiger charge is 2.48. The van der Waals surface area contributed by atoms with Crippen LogP contribution in [0.4, 0.5) is 0 Å². The Morgan fingerprint density at radius 2 is 2.29 bits per heavy atom. The van der Waals surface area contributed by atoms with Gasteiger partial charge in [-0.1, -0.05) is 6.92 Å². The van der Waals surface area contributed by atoms with Crippen LogP contribution in [0.3, 0.4) is 0 Å². The van der Waals surface area contributed by atoms with Crippen LogP contribution >= 0.6 is 0 Å². The van der Waals surface area contributed by atoms with Gasteiger partial charge in [0.1, 0.15) is 0 Å². The molecule has 0 aromatic heterocycles. The van der Waals surface area contributed by atoms with Gasteiger partial charge < -0.3 is 14.6 Å². The van der Waals surface area contributed by atoms with E-state index in [0.29, 0.717) is 19.4 Å². The van der Waals surface area contributed by atoms with E-state index >= 15 is 0 Å². The molecule has 1 saturated heterocycles. The minimum atomic E-state index is -1.05. The molecule has 0 aromatic carbocycles. The molecule has 1 heterocycles. The van der Waals surface area contributed by atoms with Crippen LogP contribution in [-0.2, 0) is 14.3 Å². The third-order valence-electron chi connectivity index (χ3n) is 3.14. The van der Waals surface area contributed by atoms with Crippen molar-refractivity contribution in [2.24, 2.45) is 0 Å². The summed E-state index contributed by atoms with van der Waals surface area (Å²) in [5.74, 6) is -0.886. The molecule has 0 spiro atoms. The maximum atomic E-state index is 11.1. The average molecular weight is 202 g/mol. The molecule has 82 valence electrons. The Morgan fingerprint density at radius 1 is 1.64 bits per heavy atom. The summed E-state index contributed by atoms with van der Waals surface area (Å²) in [6.45, 7) is 4.38. The first-order valence-corrected chi connectivity index (χ1v) is 4.90. The lowest BCUT2D eigenvalue weighted by Crippen LogP contribution is -2.52. The number of aliphatic carboxylic acids is 1. The Kier molecular flexibility index (Phi) is 3.17. The largest absolute Gasteiger partial charge is 0.479 e. The van der Waals surface area contributed by atoms with Crippen molar-refractivity contribution in [1.82, 2.24) is 0 Å². The number of carboxylic acids is 1. The summed E-state index contributed by atoms with van der Waals surface area (Å²) >= 11 is 0. The Morgan fingerprint density at radius 3 is 2.71 bits per heavy atom. The Bertz CT molecular complexity index is 228. The topological polar surface area (TPSA) is 55.8 Å². The highest BCUT2D eigenvalue weighted by Crippen LogP contribution is 2.36. The molecule has 2 atom stereocenters. The third kappa shape index (κ3) is 1.91. The molecular formula is C10H18O4. The summed E-state index contributed by atoms with van der Waals surface area (Å²) in [6.07, 6.45) is 1.64. The molecule has 4 nitrogen and oxygen atoms in total. The fourth-order valence-electron chi connectivity index (χ4n) is 1.88. The molecule has 1 fully saturated rings. The number of carboxylic acid groups (broad SMARTS) is 1. The highest BCUT2D eigenvalue weighted by atomic mass is 16.5. The molecule has 0 aromatic rings. The smallest absolute Gasteiger partial charge is 0.336 e. The second kappa shape index (κ2) is 3.87. The molecular weight excluding hydrogens is 184 g/mol. The van der Waals surface area contributed by atoms with Gasteiger partial charge >= 0.3 is 5.97 Å². The van der Waals surface area contributed by atoms with Crippen molar-refractivity contribution in [3.05, 3.63) is 0 Å². The van der Waals surface area contributed by atoms with Gasteiger partial charge in [-0.2, -0.15) is 0 Å². The predicted molar refractivity (Wildman–Crippen MR) is 51.3 cm³/mol. The number of hydrogen-bond acceptors (Lipinski definition) is 3. The molecule has 1 N–H and O–H groups in total. The SMILES string of the molecule is CCC1(C)CC(OC)(C(=O)O)CCO1. The second-order valence-electron chi connectivity index (χ2n) is 4.08. The molecule has 1 aliphatic rings. The molecule has 2 unspecified atom stereocenters. The first-order valence-electron chi connectivity index (χ1n) is 4.90. The van der Waals surface area contributed by atoms with Crippen LogP contribution in [0.1, 0.15) is 33.1 Å². The molecule has 0 saturated carbocycles. The van der Waals surface area contributed by atoms with Crippen molar-refractivity contribution in [3.8, 4) is 0 Å². The van der Waals surface area contributed by atoms with Crippen LogP contribution in [0.5, 0.6) is 0 Å². The third-order valence-corrected chi connectivity index (χ3v) is 3.14. The minimum absolute atomic E-state index is 0.368. The zero-order valence-electron chi connectivity index (χ0n) is 9.00. The maximum Gasteiger partial charge on any atom is 0.336 e. The molecule has 0 bridgehead atoms. The fourth-order valence-corrected chi connectivity index (χ4v) is 1.88.